The summed E-state index contributed by atoms with van der Waals surface area (Å²) in [6.45, 7) is 30.9. The summed E-state index contributed by atoms with van der Waals surface area (Å²) in [4.78, 5) is 12.3. The van der Waals surface area contributed by atoms with Crippen LogP contribution >= 0.6 is 0 Å². The Morgan fingerprint density at radius 1 is 0.553 bits per heavy atom. The van der Waals surface area contributed by atoms with E-state index in [4.69, 9.17) is 9.68 Å². The van der Waals surface area contributed by atoms with Gasteiger partial charge in [-0.1, -0.05) is 40.5 Å². The third-order valence-corrected chi connectivity index (χ3v) is 8.00. The van der Waals surface area contributed by atoms with Crippen molar-refractivity contribution in [3.63, 3.8) is 0 Å². The molecule has 228 valence electrons. The second-order valence-electron chi connectivity index (χ2n) is 14.0. The number of nitrogens with zero attached hydrogens (tertiary/aromatic N) is 2. The predicted molar refractivity (Wildman–Crippen MR) is 164 cm³/mol. The predicted octanol–water partition coefficient (Wildman–Crippen LogP) is 7.48. The molecular formula is C32H68N4O2. The number of piperidine rings is 2. The first kappa shape index (κ1) is 35.8. The first-order valence-corrected chi connectivity index (χ1v) is 16.1. The number of hydroxylamine groups is 4. The fourth-order valence-electron chi connectivity index (χ4n) is 7.10. The molecule has 0 aromatic rings. The maximum Gasteiger partial charge on any atom is 0.0683 e. The van der Waals surface area contributed by atoms with E-state index in [0.29, 0.717) is 12.1 Å². The Labute approximate surface area is 238 Å². The van der Waals surface area contributed by atoms with Gasteiger partial charge in [0.25, 0.3) is 0 Å². The van der Waals surface area contributed by atoms with Crippen LogP contribution in [0, 0.1) is 0 Å². The van der Waals surface area contributed by atoms with Crippen LogP contribution in [0.1, 0.15) is 147 Å². The van der Waals surface area contributed by atoms with Crippen LogP contribution in [-0.4, -0.2) is 70.7 Å². The molecule has 0 atom stereocenters. The summed E-state index contributed by atoms with van der Waals surface area (Å²) < 4.78 is 0. The molecule has 38 heavy (non-hydrogen) atoms. The summed E-state index contributed by atoms with van der Waals surface area (Å²) in [5, 5.41) is 12.3. The van der Waals surface area contributed by atoms with Crippen LogP contribution in [0.15, 0.2) is 0 Å². The highest BCUT2D eigenvalue weighted by Gasteiger charge is 2.47. The van der Waals surface area contributed by atoms with Crippen molar-refractivity contribution in [2.75, 3.05) is 26.3 Å². The highest BCUT2D eigenvalue weighted by molar-refractivity contribution is 5.00. The molecule has 0 saturated carbocycles. The lowest BCUT2D eigenvalue weighted by Crippen LogP contribution is -2.63. The molecule has 0 amide bonds. The van der Waals surface area contributed by atoms with E-state index in [1.54, 1.807) is 0 Å². The Hall–Kier alpha value is -0.240. The molecule has 0 aliphatic carbocycles. The van der Waals surface area contributed by atoms with E-state index in [1.165, 1.54) is 25.7 Å². The standard InChI is InChI=1S/C30H62N4O2.C2H6/c1-11-19-35-33-27(3,4)21-25(22-28(33,5)6)31-17-15-13-14-16-18-32-26-23-29(7,8)34(36-20-12-2)30(9,10)24-26;1-2/h25-26,31-32H,11-24H2,1-10H3;1-2H3. The number of unbranched alkanes of at least 4 members (excludes halogenated alkanes) is 3. The van der Waals surface area contributed by atoms with Crippen molar-refractivity contribution in [2.45, 2.75) is 182 Å². The van der Waals surface area contributed by atoms with Crippen molar-refractivity contribution < 1.29 is 9.68 Å². The molecule has 2 fully saturated rings. The van der Waals surface area contributed by atoms with Crippen LogP contribution < -0.4 is 10.6 Å². The van der Waals surface area contributed by atoms with Gasteiger partial charge in [-0.3, -0.25) is 9.68 Å². The van der Waals surface area contributed by atoms with Gasteiger partial charge in [0.2, 0.25) is 0 Å². The van der Waals surface area contributed by atoms with Crippen molar-refractivity contribution in [3.05, 3.63) is 0 Å². The molecule has 0 unspecified atom stereocenters. The van der Waals surface area contributed by atoms with Crippen LogP contribution in [0.3, 0.4) is 0 Å². The zero-order valence-corrected chi connectivity index (χ0v) is 27.8. The Kier molecular flexibility index (Phi) is 15.3. The quantitative estimate of drug-likeness (QED) is 0.210. The number of hydrogen-bond acceptors (Lipinski definition) is 6. The smallest absolute Gasteiger partial charge is 0.0683 e. The lowest BCUT2D eigenvalue weighted by atomic mass is 9.79. The highest BCUT2D eigenvalue weighted by atomic mass is 16.7. The van der Waals surface area contributed by atoms with Crippen molar-refractivity contribution >= 4 is 0 Å². The van der Waals surface area contributed by atoms with E-state index in [9.17, 15) is 0 Å². The molecule has 2 rings (SSSR count). The van der Waals surface area contributed by atoms with Gasteiger partial charge in [0.15, 0.2) is 0 Å². The molecular weight excluding hydrogens is 472 g/mol. The highest BCUT2D eigenvalue weighted by Crippen LogP contribution is 2.39. The largest absolute Gasteiger partial charge is 0.314 e. The van der Waals surface area contributed by atoms with Crippen molar-refractivity contribution in [1.82, 2.24) is 20.8 Å². The summed E-state index contributed by atoms with van der Waals surface area (Å²) in [6, 6.07) is 1.13. The fraction of sp³-hybridized carbons (Fsp3) is 1.00. The fourth-order valence-corrected chi connectivity index (χ4v) is 7.10. The Bertz CT molecular complexity index is 545. The average Bonchev–Trinajstić information content (AvgIpc) is 2.79. The van der Waals surface area contributed by atoms with Gasteiger partial charge in [-0.05, 0) is 120 Å². The molecule has 6 nitrogen and oxygen atoms in total. The van der Waals surface area contributed by atoms with Gasteiger partial charge in [-0.25, -0.2) is 0 Å². The molecule has 0 bridgehead atoms. The Morgan fingerprint density at radius 2 is 0.842 bits per heavy atom. The molecule has 0 radical (unpaired) electrons. The summed E-state index contributed by atoms with van der Waals surface area (Å²) in [6.07, 6.45) is 11.8. The molecule has 0 aromatic heterocycles. The Balaban J connectivity index is 0.00000352. The van der Waals surface area contributed by atoms with Crippen LogP contribution in [0.2, 0.25) is 0 Å². The molecule has 2 N–H and O–H groups in total. The van der Waals surface area contributed by atoms with Crippen LogP contribution in [-0.2, 0) is 9.68 Å². The Morgan fingerprint density at radius 3 is 1.11 bits per heavy atom. The van der Waals surface area contributed by atoms with Gasteiger partial charge < -0.3 is 10.6 Å². The molecule has 2 saturated heterocycles. The van der Waals surface area contributed by atoms with E-state index in [1.807, 2.05) is 13.8 Å². The minimum Gasteiger partial charge on any atom is -0.314 e. The topological polar surface area (TPSA) is 49.0 Å². The van der Waals surface area contributed by atoms with E-state index in [0.717, 1.165) is 64.8 Å². The maximum absolute atomic E-state index is 6.17. The number of nitrogens with one attached hydrogen (secondary N) is 2. The van der Waals surface area contributed by atoms with Gasteiger partial charge >= 0.3 is 0 Å². The number of rotatable bonds is 15. The van der Waals surface area contributed by atoms with Gasteiger partial charge in [0.1, 0.15) is 0 Å². The van der Waals surface area contributed by atoms with Gasteiger partial charge in [0.05, 0.1) is 13.2 Å². The normalized spacial score (nSPS) is 23.7. The van der Waals surface area contributed by atoms with Crippen molar-refractivity contribution in [1.29, 1.82) is 0 Å². The molecule has 2 aliphatic rings. The number of hydrogen-bond donors (Lipinski definition) is 2. The minimum atomic E-state index is 0.0572. The van der Waals surface area contributed by atoms with E-state index in [-0.39, 0.29) is 22.2 Å². The second kappa shape index (κ2) is 16.3. The first-order valence-electron chi connectivity index (χ1n) is 16.1. The van der Waals surface area contributed by atoms with E-state index < -0.39 is 0 Å². The van der Waals surface area contributed by atoms with E-state index in [2.05, 4.69) is 90.0 Å². The average molecular weight is 541 g/mol. The van der Waals surface area contributed by atoms with Crippen LogP contribution in [0.5, 0.6) is 0 Å². The van der Waals surface area contributed by atoms with Crippen molar-refractivity contribution in [3.8, 4) is 0 Å². The summed E-state index contributed by atoms with van der Waals surface area (Å²) >= 11 is 0. The SMILES string of the molecule is CC.CCCON1C(C)(C)CC(NCCCCCCNC2CC(C)(C)N(OCCC)C(C)(C)C2)CC1(C)C. The third-order valence-electron chi connectivity index (χ3n) is 8.00. The zero-order chi connectivity index (χ0) is 29.0. The lowest BCUT2D eigenvalue weighted by Gasteiger charge is -2.54. The monoisotopic (exact) mass is 541 g/mol. The van der Waals surface area contributed by atoms with E-state index >= 15 is 0 Å². The third kappa shape index (κ3) is 11.0. The van der Waals surface area contributed by atoms with Gasteiger partial charge in [-0.2, -0.15) is 10.1 Å². The van der Waals surface area contributed by atoms with Gasteiger partial charge in [0, 0.05) is 34.2 Å². The van der Waals surface area contributed by atoms with Crippen LogP contribution in [0.25, 0.3) is 0 Å². The lowest BCUT2D eigenvalue weighted by molar-refractivity contribution is -0.284. The first-order chi connectivity index (χ1) is 17.7. The summed E-state index contributed by atoms with van der Waals surface area (Å²) in [5.74, 6) is 0. The summed E-state index contributed by atoms with van der Waals surface area (Å²) in [7, 11) is 0. The molecule has 2 aliphatic heterocycles. The molecule has 6 heteroatoms. The molecule has 0 aromatic carbocycles. The van der Waals surface area contributed by atoms with Crippen molar-refractivity contribution in [2.24, 2.45) is 0 Å². The molecule has 0 spiro atoms. The maximum atomic E-state index is 6.17. The van der Waals surface area contributed by atoms with Crippen LogP contribution in [0.4, 0.5) is 0 Å². The van der Waals surface area contributed by atoms with Gasteiger partial charge in [-0.15, -0.1) is 0 Å². The summed E-state index contributed by atoms with van der Waals surface area (Å²) in [5.41, 5.74) is 0.229. The zero-order valence-electron chi connectivity index (χ0n) is 27.8. The second-order valence-corrected chi connectivity index (χ2v) is 14.0. The minimum absolute atomic E-state index is 0.0572. The molecule has 2 heterocycles.